The molecule has 8 nitrogen and oxygen atoms in total. The number of hydrogen-bond acceptors (Lipinski definition) is 7. The molecule has 2 aromatic rings. The summed E-state index contributed by atoms with van der Waals surface area (Å²) in [5, 5.41) is 24.9. The third kappa shape index (κ3) is 4.70. The van der Waals surface area contributed by atoms with Gasteiger partial charge in [-0.3, -0.25) is 20.5 Å². The minimum atomic E-state index is -1.25. The molecule has 2 N–H and O–H groups in total. The molecule has 3 rings (SSSR count). The van der Waals surface area contributed by atoms with E-state index in [1.165, 1.54) is 30.0 Å². The zero-order valence-corrected chi connectivity index (χ0v) is 14.9. The van der Waals surface area contributed by atoms with Gasteiger partial charge in [-0.05, 0) is 5.56 Å². The van der Waals surface area contributed by atoms with E-state index in [0.717, 1.165) is 11.3 Å². The Hall–Kier alpha value is -3.20. The van der Waals surface area contributed by atoms with Gasteiger partial charge in [-0.25, -0.2) is 4.79 Å². The number of benzene rings is 2. The van der Waals surface area contributed by atoms with E-state index in [4.69, 9.17) is 0 Å². The fourth-order valence-corrected chi connectivity index (χ4v) is 3.47. The quantitative estimate of drug-likeness (QED) is 0.449. The second-order valence-corrected chi connectivity index (χ2v) is 6.72. The van der Waals surface area contributed by atoms with E-state index in [0.29, 0.717) is 5.17 Å². The Labute approximate surface area is 159 Å². The van der Waals surface area contributed by atoms with Gasteiger partial charge in [-0.1, -0.05) is 60.3 Å². The van der Waals surface area contributed by atoms with Gasteiger partial charge in [0, 0.05) is 23.8 Å². The zero-order chi connectivity index (χ0) is 19.2. The maximum Gasteiger partial charge on any atom is 0.352 e. The maximum absolute atomic E-state index is 11.5. The molecule has 1 atom stereocenters. The highest BCUT2D eigenvalue weighted by molar-refractivity contribution is 8.14. The van der Waals surface area contributed by atoms with E-state index in [2.05, 4.69) is 15.5 Å². The Morgan fingerprint density at radius 2 is 1.96 bits per heavy atom. The van der Waals surface area contributed by atoms with Crippen molar-refractivity contribution >= 4 is 34.3 Å². The number of carbonyl (C=O) groups is 1. The normalized spacial score (nSPS) is 16.7. The van der Waals surface area contributed by atoms with Crippen LogP contribution >= 0.6 is 11.8 Å². The highest BCUT2D eigenvalue weighted by Gasteiger charge is 2.21. The number of aliphatic imine (C=N–C) groups is 1. The number of carboxylic acids is 1. The minimum Gasteiger partial charge on any atom is -0.477 e. The van der Waals surface area contributed by atoms with Gasteiger partial charge in [-0.15, -0.1) is 0 Å². The fourth-order valence-electron chi connectivity index (χ4n) is 2.58. The van der Waals surface area contributed by atoms with Crippen LogP contribution in [0.25, 0.3) is 0 Å². The van der Waals surface area contributed by atoms with E-state index < -0.39 is 10.9 Å². The number of para-hydroxylation sites is 1. The molecule has 0 aromatic heterocycles. The highest BCUT2D eigenvalue weighted by atomic mass is 32.2. The number of thioether (sulfide) groups is 1. The van der Waals surface area contributed by atoms with Crippen LogP contribution in [-0.2, 0) is 11.2 Å². The Balaban J connectivity index is 1.74. The number of rotatable bonds is 6. The van der Waals surface area contributed by atoms with Crippen LogP contribution in [0.3, 0.4) is 0 Å². The lowest BCUT2D eigenvalue weighted by molar-refractivity contribution is -0.385. The van der Waals surface area contributed by atoms with Crippen molar-refractivity contribution < 1.29 is 14.8 Å². The molecule has 0 radical (unpaired) electrons. The summed E-state index contributed by atoms with van der Waals surface area (Å²) in [5.41, 5.74) is 3.68. The first-order valence-electron chi connectivity index (χ1n) is 8.08. The summed E-state index contributed by atoms with van der Waals surface area (Å²) in [6.07, 6.45) is -0.167. The van der Waals surface area contributed by atoms with Crippen molar-refractivity contribution in [2.75, 3.05) is 5.75 Å². The number of nitro groups is 1. The molecule has 0 fully saturated rings. The van der Waals surface area contributed by atoms with E-state index in [-0.39, 0.29) is 29.4 Å². The molecule has 1 aliphatic rings. The fraction of sp³-hybridized carbons (Fsp3) is 0.167. The Morgan fingerprint density at radius 3 is 2.67 bits per heavy atom. The van der Waals surface area contributed by atoms with Gasteiger partial charge in [0.2, 0.25) is 0 Å². The molecule has 0 saturated heterocycles. The minimum absolute atomic E-state index is 0.0163. The molecule has 1 aliphatic heterocycles. The lowest BCUT2D eigenvalue weighted by Gasteiger charge is -2.05. The SMILES string of the molecule is O=C(O)/C(Cc1ccccc1[N+](=O)[O-])=N/NC1=NC(c2ccccc2)CS1. The third-order valence-electron chi connectivity index (χ3n) is 3.91. The number of nitro benzene ring substituents is 1. The van der Waals surface area contributed by atoms with Crippen LogP contribution in [0.15, 0.2) is 64.7 Å². The van der Waals surface area contributed by atoms with Gasteiger partial charge in [0.25, 0.3) is 5.69 Å². The van der Waals surface area contributed by atoms with E-state index in [1.54, 1.807) is 6.07 Å². The summed E-state index contributed by atoms with van der Waals surface area (Å²) < 4.78 is 0. The zero-order valence-electron chi connectivity index (χ0n) is 14.1. The number of amidine groups is 1. The predicted molar refractivity (Wildman–Crippen MR) is 104 cm³/mol. The second kappa shape index (κ2) is 8.45. The third-order valence-corrected chi connectivity index (χ3v) is 4.87. The van der Waals surface area contributed by atoms with Crippen molar-refractivity contribution in [3.63, 3.8) is 0 Å². The maximum atomic E-state index is 11.5. The summed E-state index contributed by atoms with van der Waals surface area (Å²) in [6.45, 7) is 0. The molecule has 27 heavy (non-hydrogen) atoms. The van der Waals surface area contributed by atoms with E-state index >= 15 is 0 Å². The first-order chi connectivity index (χ1) is 13.0. The average molecular weight is 384 g/mol. The Morgan fingerprint density at radius 1 is 1.26 bits per heavy atom. The van der Waals surface area contributed by atoms with Crippen LogP contribution < -0.4 is 5.43 Å². The number of hydrazone groups is 1. The molecule has 9 heteroatoms. The van der Waals surface area contributed by atoms with Gasteiger partial charge in [0.05, 0.1) is 11.0 Å². The number of hydrogen-bond donors (Lipinski definition) is 2. The van der Waals surface area contributed by atoms with Gasteiger partial charge in [-0.2, -0.15) is 5.10 Å². The van der Waals surface area contributed by atoms with Crippen LogP contribution in [0.4, 0.5) is 5.69 Å². The molecule has 2 aromatic carbocycles. The summed E-state index contributed by atoms with van der Waals surface area (Å²) in [6, 6.07) is 15.8. The average Bonchev–Trinajstić information content (AvgIpc) is 3.15. The van der Waals surface area contributed by atoms with Crippen molar-refractivity contribution in [3.8, 4) is 0 Å². The molecule has 0 saturated carbocycles. The van der Waals surface area contributed by atoms with E-state index in [9.17, 15) is 20.0 Å². The monoisotopic (exact) mass is 384 g/mol. The van der Waals surface area contributed by atoms with Crippen LogP contribution in [0.1, 0.15) is 17.2 Å². The van der Waals surface area contributed by atoms with E-state index in [1.807, 2.05) is 30.3 Å². The van der Waals surface area contributed by atoms with Crippen molar-refractivity contribution in [1.29, 1.82) is 0 Å². The predicted octanol–water partition coefficient (Wildman–Crippen LogP) is 3.01. The summed E-state index contributed by atoms with van der Waals surface area (Å²) in [7, 11) is 0. The lowest BCUT2D eigenvalue weighted by Crippen LogP contribution is -2.23. The molecule has 0 amide bonds. The van der Waals surface area contributed by atoms with Gasteiger partial charge < -0.3 is 5.11 Å². The second-order valence-electron chi connectivity index (χ2n) is 5.71. The summed E-state index contributed by atoms with van der Waals surface area (Å²) >= 11 is 1.44. The molecule has 138 valence electrons. The smallest absolute Gasteiger partial charge is 0.352 e. The molecular formula is C18H16N4O4S. The Bertz CT molecular complexity index is 915. The van der Waals surface area contributed by atoms with Gasteiger partial charge in [0.15, 0.2) is 5.17 Å². The van der Waals surface area contributed by atoms with Gasteiger partial charge in [0.1, 0.15) is 5.71 Å². The highest BCUT2D eigenvalue weighted by Crippen LogP contribution is 2.29. The largest absolute Gasteiger partial charge is 0.477 e. The molecular weight excluding hydrogens is 368 g/mol. The molecule has 0 bridgehead atoms. The molecule has 0 aliphatic carbocycles. The number of carboxylic acid groups (broad SMARTS) is 1. The topological polar surface area (TPSA) is 117 Å². The van der Waals surface area contributed by atoms with Crippen LogP contribution in [-0.4, -0.2) is 32.6 Å². The van der Waals surface area contributed by atoms with Gasteiger partial charge >= 0.3 is 5.97 Å². The lowest BCUT2D eigenvalue weighted by atomic mass is 10.1. The van der Waals surface area contributed by atoms with Crippen molar-refractivity contribution in [1.82, 2.24) is 5.43 Å². The Kier molecular flexibility index (Phi) is 5.82. The van der Waals surface area contributed by atoms with Crippen LogP contribution in [0.5, 0.6) is 0 Å². The van der Waals surface area contributed by atoms with Crippen molar-refractivity contribution in [2.24, 2.45) is 10.1 Å². The number of nitrogens with one attached hydrogen (secondary N) is 1. The first-order valence-corrected chi connectivity index (χ1v) is 9.07. The molecule has 1 unspecified atom stereocenters. The van der Waals surface area contributed by atoms with Crippen LogP contribution in [0, 0.1) is 10.1 Å². The number of nitrogens with zero attached hydrogens (tertiary/aromatic N) is 3. The first kappa shape index (κ1) is 18.6. The standard InChI is InChI=1S/C18H16N4O4S/c23-17(24)14(10-13-8-4-5-9-16(13)22(25)26)20-21-18-19-15(11-27-18)12-6-2-1-3-7-12/h1-9,15H,10-11H2,(H,19,21)(H,23,24)/b20-14+. The van der Waals surface area contributed by atoms with Crippen molar-refractivity contribution in [2.45, 2.75) is 12.5 Å². The molecule has 0 spiro atoms. The summed E-state index contributed by atoms with van der Waals surface area (Å²) in [5.74, 6) is -0.516. The molecule has 1 heterocycles. The summed E-state index contributed by atoms with van der Waals surface area (Å²) in [4.78, 5) is 26.5. The van der Waals surface area contributed by atoms with Crippen molar-refractivity contribution in [3.05, 3.63) is 75.8 Å². The number of aliphatic carboxylic acids is 1. The van der Waals surface area contributed by atoms with Crippen LogP contribution in [0.2, 0.25) is 0 Å².